The van der Waals surface area contributed by atoms with Crippen molar-refractivity contribution in [2.45, 2.75) is 12.3 Å². The minimum atomic E-state index is -0.0787. The van der Waals surface area contributed by atoms with Crippen LogP contribution in [0, 0.1) is 11.3 Å². The van der Waals surface area contributed by atoms with Gasteiger partial charge in [0.05, 0.1) is 11.6 Å². The molecule has 0 spiro atoms. The van der Waals surface area contributed by atoms with Crippen molar-refractivity contribution in [1.82, 2.24) is 4.90 Å². The fourth-order valence-corrected chi connectivity index (χ4v) is 1.29. The third-order valence-electron chi connectivity index (χ3n) is 1.75. The molecule has 11 heavy (non-hydrogen) atoms. The first kappa shape index (κ1) is 8.22. The van der Waals surface area contributed by atoms with Crippen molar-refractivity contribution in [2.75, 3.05) is 7.05 Å². The zero-order chi connectivity index (χ0) is 8.43. The van der Waals surface area contributed by atoms with Crippen LogP contribution < -0.4 is 0 Å². The minimum absolute atomic E-state index is 0.0787. The molecule has 0 N–H and O–H groups in total. The van der Waals surface area contributed by atoms with Crippen LogP contribution in [0.25, 0.3) is 0 Å². The summed E-state index contributed by atoms with van der Waals surface area (Å²) in [4.78, 5) is 1.90. The van der Waals surface area contributed by atoms with Gasteiger partial charge in [0, 0.05) is 13.2 Å². The number of nitriles is 1. The predicted octanol–water partition coefficient (Wildman–Crippen LogP) is 1.54. The van der Waals surface area contributed by atoms with Crippen molar-refractivity contribution >= 4 is 12.6 Å². The van der Waals surface area contributed by atoms with Gasteiger partial charge in [0.2, 0.25) is 0 Å². The van der Waals surface area contributed by atoms with Crippen LogP contribution in [0.1, 0.15) is 6.92 Å². The standard InChI is InChI=1S/C8H10N2S/c1-6-3-4-10(2)8(11)7(6)5-9/h3-4,8,11H,1-2H3. The van der Waals surface area contributed by atoms with E-state index in [-0.39, 0.29) is 5.37 Å². The van der Waals surface area contributed by atoms with Crippen LogP contribution in [0.2, 0.25) is 0 Å². The molecule has 0 bridgehead atoms. The number of rotatable bonds is 0. The maximum atomic E-state index is 8.73. The summed E-state index contributed by atoms with van der Waals surface area (Å²) >= 11 is 4.28. The van der Waals surface area contributed by atoms with Crippen LogP contribution >= 0.6 is 12.6 Å². The van der Waals surface area contributed by atoms with E-state index in [1.165, 1.54) is 0 Å². The Morgan fingerprint density at radius 1 is 1.73 bits per heavy atom. The Kier molecular flexibility index (Phi) is 2.25. The predicted molar refractivity (Wildman–Crippen MR) is 48.0 cm³/mol. The molecule has 0 fully saturated rings. The van der Waals surface area contributed by atoms with Gasteiger partial charge in [-0.3, -0.25) is 0 Å². The van der Waals surface area contributed by atoms with Crippen LogP contribution in [0.4, 0.5) is 0 Å². The molecule has 1 aliphatic rings. The van der Waals surface area contributed by atoms with Gasteiger partial charge in [0.25, 0.3) is 0 Å². The molecule has 1 aliphatic heterocycles. The molecule has 0 radical (unpaired) electrons. The van der Waals surface area contributed by atoms with E-state index in [0.717, 1.165) is 11.1 Å². The zero-order valence-corrected chi connectivity index (χ0v) is 7.47. The lowest BCUT2D eigenvalue weighted by Gasteiger charge is -2.25. The van der Waals surface area contributed by atoms with E-state index in [1.54, 1.807) is 0 Å². The first-order valence-corrected chi connectivity index (χ1v) is 3.87. The summed E-state index contributed by atoms with van der Waals surface area (Å²) in [5.74, 6) is 0. The van der Waals surface area contributed by atoms with Gasteiger partial charge in [-0.2, -0.15) is 5.26 Å². The van der Waals surface area contributed by atoms with Gasteiger partial charge in [-0.1, -0.05) is 0 Å². The average molecular weight is 166 g/mol. The largest absolute Gasteiger partial charge is 0.364 e. The fourth-order valence-electron chi connectivity index (χ4n) is 0.954. The molecule has 0 amide bonds. The fraction of sp³-hybridized carbons (Fsp3) is 0.375. The van der Waals surface area contributed by atoms with E-state index in [1.807, 2.05) is 31.1 Å². The van der Waals surface area contributed by atoms with Gasteiger partial charge in [0.1, 0.15) is 5.37 Å². The molecule has 1 unspecified atom stereocenters. The number of thiol groups is 1. The van der Waals surface area contributed by atoms with E-state index in [0.29, 0.717) is 0 Å². The van der Waals surface area contributed by atoms with Crippen LogP contribution in [0.3, 0.4) is 0 Å². The second-order valence-corrected chi connectivity index (χ2v) is 3.05. The summed E-state index contributed by atoms with van der Waals surface area (Å²) < 4.78 is 0. The smallest absolute Gasteiger partial charge is 0.107 e. The second-order valence-electron chi connectivity index (χ2n) is 2.56. The zero-order valence-electron chi connectivity index (χ0n) is 6.57. The van der Waals surface area contributed by atoms with Crippen LogP contribution in [-0.2, 0) is 0 Å². The molecule has 1 heterocycles. The molecule has 1 rings (SSSR count). The van der Waals surface area contributed by atoms with Gasteiger partial charge in [0.15, 0.2) is 0 Å². The first-order valence-electron chi connectivity index (χ1n) is 3.36. The highest BCUT2D eigenvalue weighted by atomic mass is 32.1. The molecule has 1 atom stereocenters. The maximum Gasteiger partial charge on any atom is 0.107 e. The molecule has 0 aromatic rings. The average Bonchev–Trinajstić information content (AvgIpc) is 1.99. The van der Waals surface area contributed by atoms with Gasteiger partial charge in [-0.15, -0.1) is 12.6 Å². The van der Waals surface area contributed by atoms with Crippen molar-refractivity contribution in [3.05, 3.63) is 23.4 Å². The number of hydrogen-bond donors (Lipinski definition) is 1. The van der Waals surface area contributed by atoms with Gasteiger partial charge >= 0.3 is 0 Å². The van der Waals surface area contributed by atoms with E-state index in [2.05, 4.69) is 18.7 Å². The van der Waals surface area contributed by atoms with Crippen LogP contribution in [-0.4, -0.2) is 17.3 Å². The molecule has 3 heteroatoms. The lowest BCUT2D eigenvalue weighted by Crippen LogP contribution is -2.26. The summed E-state index contributed by atoms with van der Waals surface area (Å²) in [7, 11) is 1.90. The second kappa shape index (κ2) is 3.02. The number of allylic oxidation sites excluding steroid dienone is 2. The quantitative estimate of drug-likeness (QED) is 0.553. The lowest BCUT2D eigenvalue weighted by atomic mass is 10.1. The molecule has 0 aromatic heterocycles. The summed E-state index contributed by atoms with van der Waals surface area (Å²) in [6.45, 7) is 1.92. The van der Waals surface area contributed by atoms with Crippen molar-refractivity contribution in [3.63, 3.8) is 0 Å². The Balaban J connectivity index is 3.01. The van der Waals surface area contributed by atoms with E-state index in [9.17, 15) is 0 Å². The Morgan fingerprint density at radius 2 is 2.36 bits per heavy atom. The molecule has 0 aliphatic carbocycles. The normalized spacial score (nSPS) is 23.8. The highest BCUT2D eigenvalue weighted by Crippen LogP contribution is 2.21. The van der Waals surface area contributed by atoms with Crippen molar-refractivity contribution in [3.8, 4) is 6.07 Å². The summed E-state index contributed by atoms with van der Waals surface area (Å²) in [5.41, 5.74) is 1.74. The van der Waals surface area contributed by atoms with Gasteiger partial charge in [-0.25, -0.2) is 0 Å². The topological polar surface area (TPSA) is 27.0 Å². The highest BCUT2D eigenvalue weighted by Gasteiger charge is 2.17. The first-order chi connectivity index (χ1) is 5.16. The van der Waals surface area contributed by atoms with E-state index in [4.69, 9.17) is 5.26 Å². The Morgan fingerprint density at radius 3 is 2.82 bits per heavy atom. The van der Waals surface area contributed by atoms with Gasteiger partial charge in [-0.05, 0) is 18.6 Å². The number of nitrogens with zero attached hydrogens (tertiary/aromatic N) is 2. The Labute approximate surface area is 72.2 Å². The summed E-state index contributed by atoms with van der Waals surface area (Å²) in [5, 5.41) is 8.65. The molecule has 58 valence electrons. The lowest BCUT2D eigenvalue weighted by molar-refractivity contribution is 0.464. The number of hydrogen-bond acceptors (Lipinski definition) is 3. The molecular weight excluding hydrogens is 156 g/mol. The molecule has 0 aromatic carbocycles. The van der Waals surface area contributed by atoms with Crippen LogP contribution in [0.15, 0.2) is 23.4 Å². The highest BCUT2D eigenvalue weighted by molar-refractivity contribution is 7.81. The molecule has 2 nitrogen and oxygen atoms in total. The summed E-state index contributed by atoms with van der Waals surface area (Å²) in [6.07, 6.45) is 3.85. The van der Waals surface area contributed by atoms with Crippen molar-refractivity contribution < 1.29 is 0 Å². The third-order valence-corrected chi connectivity index (χ3v) is 2.37. The van der Waals surface area contributed by atoms with E-state index < -0.39 is 0 Å². The molecular formula is C8H10N2S. The molecule has 0 saturated heterocycles. The van der Waals surface area contributed by atoms with Crippen LogP contribution in [0.5, 0.6) is 0 Å². The number of likely N-dealkylation sites (N-methyl/N-ethyl adjacent to an activating group) is 1. The monoisotopic (exact) mass is 166 g/mol. The Hall–Kier alpha value is -0.880. The SMILES string of the molecule is CC1=C(C#N)C(S)N(C)C=C1. The Bertz CT molecular complexity index is 260. The van der Waals surface area contributed by atoms with Crippen molar-refractivity contribution in [2.24, 2.45) is 0 Å². The third kappa shape index (κ3) is 1.41. The maximum absolute atomic E-state index is 8.73. The molecule has 0 saturated carbocycles. The van der Waals surface area contributed by atoms with Crippen molar-refractivity contribution in [1.29, 1.82) is 5.26 Å². The minimum Gasteiger partial charge on any atom is -0.364 e. The van der Waals surface area contributed by atoms with Gasteiger partial charge < -0.3 is 4.90 Å². The summed E-state index contributed by atoms with van der Waals surface area (Å²) in [6, 6.07) is 2.14. The van der Waals surface area contributed by atoms with E-state index >= 15 is 0 Å².